The summed E-state index contributed by atoms with van der Waals surface area (Å²) < 4.78 is 35.6. The van der Waals surface area contributed by atoms with E-state index in [2.05, 4.69) is 5.32 Å². The minimum atomic E-state index is -1.87. The van der Waals surface area contributed by atoms with E-state index in [9.17, 15) is 35.4 Å². The Morgan fingerprint density at radius 2 is 1.89 bits per heavy atom. The smallest absolute Gasteiger partial charge is 0.335 e. The second-order valence-electron chi connectivity index (χ2n) is 11.3. The molecule has 3 aliphatic rings. The van der Waals surface area contributed by atoms with Crippen molar-refractivity contribution >= 4 is 5.97 Å². The summed E-state index contributed by atoms with van der Waals surface area (Å²) in [5.74, 6) is -0.0124. The van der Waals surface area contributed by atoms with Gasteiger partial charge >= 0.3 is 5.97 Å². The van der Waals surface area contributed by atoms with E-state index in [1.165, 1.54) is 19.2 Å². The summed E-state index contributed by atoms with van der Waals surface area (Å²) in [5.41, 5.74) is 2.60. The topological polar surface area (TPSA) is 206 Å². The zero-order valence-corrected chi connectivity index (χ0v) is 24.9. The van der Waals surface area contributed by atoms with Gasteiger partial charge in [0.25, 0.3) is 0 Å². The number of methoxy groups -OCH3 is 1. The van der Waals surface area contributed by atoms with Gasteiger partial charge in [0.15, 0.2) is 17.6 Å². The number of phenolic OH excluding ortho intramolecular Hbond substituents is 1. The number of aliphatic hydroxyl groups is 4. The van der Waals surface area contributed by atoms with Crippen LogP contribution in [0.5, 0.6) is 34.5 Å². The van der Waals surface area contributed by atoms with Crippen LogP contribution < -0.4 is 29.0 Å². The van der Waals surface area contributed by atoms with Gasteiger partial charge in [-0.2, -0.15) is 0 Å². The van der Waals surface area contributed by atoms with Crippen LogP contribution in [0.4, 0.5) is 0 Å². The van der Waals surface area contributed by atoms with Gasteiger partial charge in [0.2, 0.25) is 12.0 Å². The number of carbonyl (C=O) groups is 1. The molecule has 1 fully saturated rings. The standard InChI is InChI=1S/C32H35NO13/c1-14(34)11-33-13-43-21-7-6-18-20-12-42-22-10-17(44-32-26(38)24(36)25(37)30(46-32)31(39)40)9-19(15-4-3-5-16(35)8-15)23(22)27(20)45-28(18)29(21)41-2/h3-10,14,20,24-27,30,32-38H,11-13H2,1-2H3,(H,39,40). The summed E-state index contributed by atoms with van der Waals surface area (Å²) >= 11 is 0. The number of hydrogen-bond donors (Lipinski definition) is 7. The van der Waals surface area contributed by atoms with Crippen molar-refractivity contribution in [3.63, 3.8) is 0 Å². The number of benzene rings is 3. The van der Waals surface area contributed by atoms with Crippen LogP contribution in [0.2, 0.25) is 0 Å². The number of nitrogens with one attached hydrogen (secondary N) is 1. The zero-order valence-electron chi connectivity index (χ0n) is 24.9. The molecule has 3 aromatic rings. The van der Waals surface area contributed by atoms with Crippen molar-refractivity contribution in [3.8, 4) is 45.6 Å². The molecule has 0 bridgehead atoms. The van der Waals surface area contributed by atoms with Gasteiger partial charge in [-0.3, -0.25) is 5.32 Å². The lowest BCUT2D eigenvalue weighted by atomic mass is 9.85. The molecule has 3 heterocycles. The van der Waals surface area contributed by atoms with Gasteiger partial charge < -0.3 is 59.1 Å². The molecule has 246 valence electrons. The second-order valence-corrected chi connectivity index (χ2v) is 11.3. The normalized spacial score (nSPS) is 26.9. The third kappa shape index (κ3) is 5.86. The number of ether oxygens (including phenoxy) is 6. The van der Waals surface area contributed by atoms with E-state index in [4.69, 9.17) is 28.4 Å². The summed E-state index contributed by atoms with van der Waals surface area (Å²) in [5, 5.41) is 63.2. The molecule has 0 aliphatic carbocycles. The van der Waals surface area contributed by atoms with Crippen molar-refractivity contribution in [2.75, 3.05) is 27.0 Å². The average molecular weight is 642 g/mol. The quantitative estimate of drug-likeness (QED) is 0.123. The van der Waals surface area contributed by atoms with E-state index in [1.807, 2.05) is 6.07 Å². The van der Waals surface area contributed by atoms with Crippen molar-refractivity contribution < 1.29 is 63.9 Å². The van der Waals surface area contributed by atoms with E-state index < -0.39 is 48.9 Å². The number of aliphatic carboxylic acids is 1. The van der Waals surface area contributed by atoms with Crippen molar-refractivity contribution in [3.05, 3.63) is 59.7 Å². The van der Waals surface area contributed by atoms with Crippen LogP contribution in [0, 0.1) is 0 Å². The number of aliphatic hydroxyl groups excluding tert-OH is 4. The number of aromatic hydroxyl groups is 1. The maximum atomic E-state index is 11.6. The maximum absolute atomic E-state index is 11.6. The van der Waals surface area contributed by atoms with Crippen LogP contribution in [0.15, 0.2) is 48.5 Å². The van der Waals surface area contributed by atoms with E-state index >= 15 is 0 Å². The molecule has 6 rings (SSSR count). The fourth-order valence-corrected chi connectivity index (χ4v) is 5.94. The molecule has 8 atom stereocenters. The molecule has 0 radical (unpaired) electrons. The summed E-state index contributed by atoms with van der Waals surface area (Å²) in [4.78, 5) is 11.6. The Bertz CT molecular complexity index is 1600. The van der Waals surface area contributed by atoms with E-state index in [1.54, 1.807) is 37.3 Å². The molecule has 0 aromatic heterocycles. The highest BCUT2D eigenvalue weighted by Crippen LogP contribution is 2.58. The Labute approximate surface area is 263 Å². The number of carboxylic acids is 1. The van der Waals surface area contributed by atoms with Crippen LogP contribution in [0.25, 0.3) is 11.1 Å². The SMILES string of the molecule is COc1c(OCNCC(C)O)ccc2c1OC1c3c(cc(OC4OC(C(=O)O)C(O)C(O)C4O)cc3-c3cccc(O)c3)OCC21. The summed E-state index contributed by atoms with van der Waals surface area (Å²) in [6.07, 6.45) is -10.1. The fraction of sp³-hybridized carbons (Fsp3) is 0.406. The molecule has 7 N–H and O–H groups in total. The average Bonchev–Trinajstić information content (AvgIpc) is 3.41. The first-order chi connectivity index (χ1) is 22.1. The van der Waals surface area contributed by atoms with E-state index in [0.29, 0.717) is 46.2 Å². The van der Waals surface area contributed by atoms with Crippen molar-refractivity contribution in [1.82, 2.24) is 5.32 Å². The molecule has 0 amide bonds. The Kier molecular flexibility index (Phi) is 8.83. The molecule has 46 heavy (non-hydrogen) atoms. The van der Waals surface area contributed by atoms with Crippen molar-refractivity contribution in [1.29, 1.82) is 0 Å². The van der Waals surface area contributed by atoms with E-state index in [-0.39, 0.29) is 30.8 Å². The highest BCUT2D eigenvalue weighted by molar-refractivity contribution is 5.76. The molecule has 14 nitrogen and oxygen atoms in total. The lowest BCUT2D eigenvalue weighted by Crippen LogP contribution is -2.61. The third-order valence-corrected chi connectivity index (χ3v) is 8.13. The molecular weight excluding hydrogens is 606 g/mol. The lowest BCUT2D eigenvalue weighted by Gasteiger charge is -2.38. The van der Waals surface area contributed by atoms with Crippen LogP contribution in [0.3, 0.4) is 0 Å². The Hall–Kier alpha value is -4.31. The molecule has 3 aromatic carbocycles. The lowest BCUT2D eigenvalue weighted by molar-refractivity contribution is -0.271. The van der Waals surface area contributed by atoms with Gasteiger partial charge in [-0.05, 0) is 42.3 Å². The third-order valence-electron chi connectivity index (χ3n) is 8.13. The van der Waals surface area contributed by atoms with Gasteiger partial charge in [0.05, 0.1) is 25.7 Å². The number of hydrogen-bond acceptors (Lipinski definition) is 13. The van der Waals surface area contributed by atoms with Crippen molar-refractivity contribution in [2.45, 2.75) is 55.8 Å². The largest absolute Gasteiger partial charge is 0.508 e. The first kappa shape index (κ1) is 31.7. The molecule has 3 aliphatic heterocycles. The molecule has 0 spiro atoms. The van der Waals surface area contributed by atoms with Gasteiger partial charge in [-0.15, -0.1) is 0 Å². The van der Waals surface area contributed by atoms with Crippen LogP contribution in [-0.2, 0) is 9.53 Å². The van der Waals surface area contributed by atoms with Gasteiger partial charge in [0.1, 0.15) is 48.4 Å². The summed E-state index contributed by atoms with van der Waals surface area (Å²) in [7, 11) is 1.51. The highest BCUT2D eigenvalue weighted by Gasteiger charge is 2.49. The Morgan fingerprint density at radius 3 is 2.61 bits per heavy atom. The van der Waals surface area contributed by atoms with Gasteiger partial charge in [0, 0.05) is 23.7 Å². The Morgan fingerprint density at radius 1 is 1.09 bits per heavy atom. The summed E-state index contributed by atoms with van der Waals surface area (Å²) in [6.45, 7) is 2.35. The molecule has 8 unspecified atom stereocenters. The molecule has 0 saturated carbocycles. The highest BCUT2D eigenvalue weighted by atomic mass is 16.7. The molecule has 1 saturated heterocycles. The number of phenols is 1. The second kappa shape index (κ2) is 12.8. The number of fused-ring (bicyclic) bond motifs is 5. The first-order valence-electron chi connectivity index (χ1n) is 14.7. The van der Waals surface area contributed by atoms with Gasteiger partial charge in [-0.1, -0.05) is 18.2 Å². The monoisotopic (exact) mass is 641 g/mol. The minimum absolute atomic E-state index is 0.00147. The van der Waals surface area contributed by atoms with E-state index in [0.717, 1.165) is 5.56 Å². The number of carboxylic acid groups (broad SMARTS) is 1. The molecule has 14 heteroatoms. The van der Waals surface area contributed by atoms with Crippen molar-refractivity contribution in [2.24, 2.45) is 0 Å². The van der Waals surface area contributed by atoms with Crippen LogP contribution in [-0.4, -0.2) is 100 Å². The summed E-state index contributed by atoms with van der Waals surface area (Å²) in [6, 6.07) is 13.3. The van der Waals surface area contributed by atoms with Crippen LogP contribution in [0.1, 0.15) is 30.1 Å². The predicted octanol–water partition coefficient (Wildman–Crippen LogP) is 1.26. The first-order valence-corrected chi connectivity index (χ1v) is 14.7. The maximum Gasteiger partial charge on any atom is 0.335 e. The fourth-order valence-electron chi connectivity index (χ4n) is 5.94. The number of rotatable bonds is 10. The minimum Gasteiger partial charge on any atom is -0.508 e. The molecular formula is C32H35NO13. The zero-order chi connectivity index (χ0) is 32.7. The van der Waals surface area contributed by atoms with Gasteiger partial charge in [-0.25, -0.2) is 4.79 Å². The Balaban J connectivity index is 1.36. The van der Waals surface area contributed by atoms with Crippen LogP contribution >= 0.6 is 0 Å². The predicted molar refractivity (Wildman–Crippen MR) is 158 cm³/mol.